The Hall–Kier alpha value is -6.38. The van der Waals surface area contributed by atoms with E-state index >= 15 is 0 Å². The number of nitrogens with one attached hydrogen (secondary N) is 3. The number of amides is 1. The molecule has 15 nitrogen and oxygen atoms in total. The number of carboxylic acids is 1. The van der Waals surface area contributed by atoms with E-state index < -0.39 is 104 Å². The van der Waals surface area contributed by atoms with Crippen molar-refractivity contribution in [1.82, 2.24) is 9.97 Å². The smallest absolute Gasteiger partial charge is 0.417 e. The first-order valence-corrected chi connectivity index (χ1v) is 23.9. The molecule has 2 aromatic heterocycles. The van der Waals surface area contributed by atoms with E-state index in [4.69, 9.17) is 61.0 Å². The number of aromatic carboxylic acids is 1. The first-order chi connectivity index (χ1) is 33.2. The van der Waals surface area contributed by atoms with Crippen LogP contribution in [0, 0.1) is 11.6 Å². The monoisotopic (exact) mass is 1130 g/mol. The summed E-state index contributed by atoms with van der Waals surface area (Å²) in [5.74, 6) is -3.19. The number of anilines is 4. The van der Waals surface area contributed by atoms with Crippen LogP contribution in [0.3, 0.4) is 0 Å². The van der Waals surface area contributed by atoms with Gasteiger partial charge in [-0.1, -0.05) is 66.0 Å². The molecule has 6 aromatic rings. The Morgan fingerprint density at radius 2 is 1.14 bits per heavy atom. The molecule has 8 rings (SSSR count). The molecule has 0 fully saturated rings. The van der Waals surface area contributed by atoms with Crippen LogP contribution in [0.15, 0.2) is 107 Å². The van der Waals surface area contributed by atoms with Crippen LogP contribution in [0.25, 0.3) is 0 Å². The normalized spacial score (nSPS) is 13.1. The van der Waals surface area contributed by atoms with E-state index in [1.165, 1.54) is 18.2 Å². The van der Waals surface area contributed by atoms with Gasteiger partial charge in [-0.05, 0) is 72.8 Å². The third-order valence-electron chi connectivity index (χ3n) is 9.38. The standard InChI is InChI=1S/C21H13Cl2F4N3O4S.C13H7Cl2F3N2O4S.C8H8FNO.CH4/c22-11-8-16(29-35(32,33)12-4-5-14(23)13(9-12)21(25,26)27)18(28-10-11)20(31)30-6-7-34-19-15(24)2-1-3-17(19)30;14-6-3-10(11(12(21)22)19-5-6)20-25(23,24)7-1-2-9(15)8(4-7)13(16,17)18;9-6-2-1-3-7-8(6)11-5-4-10-7;/h1-5,8-10,29H,6-7H2;1-5,20H,(H,21,22);1-3,10H,4-5H2;1H4. The molecule has 0 spiro atoms. The molecule has 0 saturated carbocycles. The second kappa shape index (κ2) is 22.6. The summed E-state index contributed by atoms with van der Waals surface area (Å²) >= 11 is 22.6. The highest BCUT2D eigenvalue weighted by Gasteiger charge is 2.37. The van der Waals surface area contributed by atoms with Crippen LogP contribution in [0.1, 0.15) is 39.5 Å². The first-order valence-electron chi connectivity index (χ1n) is 19.4. The van der Waals surface area contributed by atoms with Gasteiger partial charge in [-0.15, -0.1) is 0 Å². The van der Waals surface area contributed by atoms with Gasteiger partial charge in [-0.2, -0.15) is 26.3 Å². The molecule has 0 aliphatic carbocycles. The largest absolute Gasteiger partial charge is 0.486 e. The fraction of sp³-hybridized carbons (Fsp3) is 0.163. The van der Waals surface area contributed by atoms with Gasteiger partial charge in [0.1, 0.15) is 13.2 Å². The van der Waals surface area contributed by atoms with Crippen molar-refractivity contribution in [3.63, 3.8) is 0 Å². The number of pyridine rings is 2. The van der Waals surface area contributed by atoms with Gasteiger partial charge in [0.15, 0.2) is 34.5 Å². The lowest BCUT2D eigenvalue weighted by Crippen LogP contribution is -2.39. The van der Waals surface area contributed by atoms with Crippen molar-refractivity contribution in [3.05, 3.63) is 152 Å². The molecule has 2 aliphatic rings. The lowest BCUT2D eigenvalue weighted by atomic mass is 10.2. The number of aromatic nitrogens is 2. The number of halogens is 12. The van der Waals surface area contributed by atoms with Crippen molar-refractivity contribution in [2.45, 2.75) is 29.6 Å². The minimum atomic E-state index is -4.90. The molecule has 2 aliphatic heterocycles. The Balaban J connectivity index is 0.000000225. The van der Waals surface area contributed by atoms with Crippen molar-refractivity contribution < 1.29 is 76.1 Å². The van der Waals surface area contributed by atoms with E-state index in [0.717, 1.165) is 72.0 Å². The Morgan fingerprint density at radius 3 is 1.64 bits per heavy atom. The van der Waals surface area contributed by atoms with Gasteiger partial charge in [0.05, 0.1) is 70.3 Å². The maximum Gasteiger partial charge on any atom is 0.417 e. The van der Waals surface area contributed by atoms with Crippen molar-refractivity contribution in [2.24, 2.45) is 0 Å². The van der Waals surface area contributed by atoms with Gasteiger partial charge >= 0.3 is 18.3 Å². The number of rotatable bonds is 8. The van der Waals surface area contributed by atoms with Gasteiger partial charge in [0.2, 0.25) is 0 Å². The molecule has 0 atom stereocenters. The number of nitrogens with zero attached hydrogens (tertiary/aromatic N) is 3. The van der Waals surface area contributed by atoms with Crippen molar-refractivity contribution in [2.75, 3.05) is 46.0 Å². The summed E-state index contributed by atoms with van der Waals surface area (Å²) in [6, 6.07) is 14.8. The van der Waals surface area contributed by atoms with Crippen LogP contribution in [-0.2, 0) is 32.4 Å². The number of ether oxygens (including phenoxy) is 2. The highest BCUT2D eigenvalue weighted by Crippen LogP contribution is 2.39. The summed E-state index contributed by atoms with van der Waals surface area (Å²) in [5.41, 5.74) is -3.83. The molecule has 72 heavy (non-hydrogen) atoms. The van der Waals surface area contributed by atoms with Gasteiger partial charge in [0, 0.05) is 18.9 Å². The second-order valence-electron chi connectivity index (χ2n) is 14.2. The number of para-hydroxylation sites is 2. The second-order valence-corrected chi connectivity index (χ2v) is 19.2. The number of carbonyl (C=O) groups is 2. The lowest BCUT2D eigenvalue weighted by molar-refractivity contribution is -0.138. The number of hydrogen-bond acceptors (Lipinski definition) is 11. The average Bonchev–Trinajstić information content (AvgIpc) is 3.28. The highest BCUT2D eigenvalue weighted by atomic mass is 35.5. The van der Waals surface area contributed by atoms with E-state index in [2.05, 4.69) is 20.0 Å². The maximum atomic E-state index is 14.1. The molecule has 4 aromatic carbocycles. The van der Waals surface area contributed by atoms with Crippen LogP contribution in [-0.4, -0.2) is 70.1 Å². The van der Waals surface area contributed by atoms with Gasteiger partial charge in [-0.25, -0.2) is 40.4 Å². The number of fused-ring (bicyclic) bond motifs is 2. The molecular weight excluding hydrogens is 1100 g/mol. The third kappa shape index (κ3) is 13.4. The quantitative estimate of drug-likeness (QED) is 0.105. The van der Waals surface area contributed by atoms with Crippen molar-refractivity contribution in [1.29, 1.82) is 0 Å². The van der Waals surface area contributed by atoms with Crippen LogP contribution >= 0.6 is 46.4 Å². The number of carboxylic acid groups (broad SMARTS) is 1. The number of hydrogen-bond donors (Lipinski definition) is 4. The zero-order chi connectivity index (χ0) is 52.2. The minimum Gasteiger partial charge on any atom is -0.486 e. The van der Waals surface area contributed by atoms with Gasteiger partial charge < -0.3 is 19.9 Å². The van der Waals surface area contributed by atoms with Crippen LogP contribution in [0.5, 0.6) is 11.5 Å². The van der Waals surface area contributed by atoms with E-state index in [9.17, 15) is 61.5 Å². The van der Waals surface area contributed by atoms with Crippen molar-refractivity contribution >= 4 is 101 Å². The minimum absolute atomic E-state index is 0. The summed E-state index contributed by atoms with van der Waals surface area (Å²) in [6.07, 6.45) is -7.71. The molecule has 0 bridgehead atoms. The predicted octanol–water partition coefficient (Wildman–Crippen LogP) is 11.6. The number of alkyl halides is 6. The van der Waals surface area contributed by atoms with E-state index in [1.54, 1.807) is 12.1 Å². The summed E-state index contributed by atoms with van der Waals surface area (Å²) in [6.45, 7) is 1.24. The Morgan fingerprint density at radius 1 is 0.667 bits per heavy atom. The molecular formula is C43H32Cl4F8N6O9S2. The molecule has 29 heteroatoms. The summed E-state index contributed by atoms with van der Waals surface area (Å²) < 4.78 is 170. The molecule has 4 heterocycles. The molecule has 1 amide bonds. The molecule has 0 radical (unpaired) electrons. The maximum absolute atomic E-state index is 14.1. The Kier molecular flexibility index (Phi) is 17.7. The Labute approximate surface area is 423 Å². The highest BCUT2D eigenvalue weighted by molar-refractivity contribution is 7.93. The Bertz CT molecular complexity index is 3270. The first kappa shape index (κ1) is 56.5. The van der Waals surface area contributed by atoms with E-state index in [1.807, 2.05) is 4.72 Å². The van der Waals surface area contributed by atoms with E-state index in [-0.39, 0.29) is 47.9 Å². The topological polar surface area (TPSA) is 206 Å². The summed E-state index contributed by atoms with van der Waals surface area (Å²) in [4.78, 5) is 31.4. The van der Waals surface area contributed by atoms with Crippen LogP contribution < -0.4 is 29.1 Å². The number of sulfonamides is 2. The average molecular weight is 1130 g/mol. The lowest BCUT2D eigenvalue weighted by Gasteiger charge is -2.29. The summed E-state index contributed by atoms with van der Waals surface area (Å²) in [7, 11) is -9.20. The number of carbonyl (C=O) groups excluding carboxylic acids is 1. The van der Waals surface area contributed by atoms with Crippen molar-refractivity contribution in [3.8, 4) is 11.5 Å². The molecule has 4 N–H and O–H groups in total. The summed E-state index contributed by atoms with van der Waals surface area (Å²) in [5, 5.41) is 10.5. The van der Waals surface area contributed by atoms with Gasteiger partial charge in [0.25, 0.3) is 26.0 Å². The van der Waals surface area contributed by atoms with Crippen LogP contribution in [0.2, 0.25) is 20.1 Å². The van der Waals surface area contributed by atoms with E-state index in [0.29, 0.717) is 24.5 Å². The molecule has 0 unspecified atom stereocenters. The third-order valence-corrected chi connectivity index (χ3v) is 13.2. The fourth-order valence-electron chi connectivity index (χ4n) is 6.24. The number of benzene rings is 4. The predicted molar refractivity (Wildman–Crippen MR) is 251 cm³/mol. The van der Waals surface area contributed by atoms with Gasteiger partial charge in [-0.3, -0.25) is 19.1 Å². The zero-order valence-corrected chi connectivity index (χ0v) is 39.6. The molecule has 0 saturated heterocycles. The zero-order valence-electron chi connectivity index (χ0n) is 35.0. The fourth-order valence-corrected chi connectivity index (χ4v) is 9.18. The SMILES string of the molecule is C.Fc1cccc2c1OCCN2.O=C(O)c1ncc(Cl)cc1NS(=O)(=O)c1ccc(Cl)c(C(F)(F)F)c1.O=C(c1ncc(Cl)cc1NS(=O)(=O)c1ccc(Cl)c(C(F)(F)F)c1)N1CCOc2c(F)cccc21. The van der Waals surface area contributed by atoms with Crippen LogP contribution in [0.4, 0.5) is 57.9 Å². The molecule has 384 valence electrons.